The molecule has 2 aliphatic carbocycles. The van der Waals surface area contributed by atoms with Gasteiger partial charge in [-0.3, -0.25) is 9.80 Å². The molecule has 3 nitrogen and oxygen atoms in total. The van der Waals surface area contributed by atoms with Crippen LogP contribution in [0.15, 0.2) is 30.3 Å². The van der Waals surface area contributed by atoms with E-state index in [1.54, 1.807) is 0 Å². The van der Waals surface area contributed by atoms with Crippen LogP contribution in [-0.2, 0) is 0 Å². The summed E-state index contributed by atoms with van der Waals surface area (Å²) in [5.74, 6) is 0.127. The second-order valence-corrected chi connectivity index (χ2v) is 14.2. The van der Waals surface area contributed by atoms with Crippen LogP contribution in [-0.4, -0.2) is 31.1 Å². The minimum atomic E-state index is -1.24. The second-order valence-electron chi connectivity index (χ2n) is 8.79. The van der Waals surface area contributed by atoms with Gasteiger partial charge in [-0.2, -0.15) is 0 Å². The van der Waals surface area contributed by atoms with Crippen molar-refractivity contribution in [2.24, 2.45) is 5.41 Å². The predicted molar refractivity (Wildman–Crippen MR) is 91.3 cm³/mol. The van der Waals surface area contributed by atoms with Crippen LogP contribution in [0.2, 0.25) is 24.7 Å². The molecule has 1 unspecified atom stereocenters. The number of hydrazine groups is 1. The van der Waals surface area contributed by atoms with Crippen LogP contribution in [0.1, 0.15) is 36.5 Å². The van der Waals surface area contributed by atoms with E-state index in [1.807, 2.05) is 35.3 Å². The van der Waals surface area contributed by atoms with Gasteiger partial charge in [-0.25, -0.2) is 5.43 Å². The van der Waals surface area contributed by atoms with E-state index in [0.717, 1.165) is 12.1 Å². The van der Waals surface area contributed by atoms with Gasteiger partial charge in [0, 0.05) is 23.1 Å². The Labute approximate surface area is 134 Å². The van der Waals surface area contributed by atoms with Crippen molar-refractivity contribution in [3.8, 4) is 0 Å². The first kappa shape index (κ1) is 14.5. The van der Waals surface area contributed by atoms with Gasteiger partial charge in [0.2, 0.25) is 0 Å². The smallest absolute Gasteiger partial charge is 0.267 e. The number of carbonyl (C=O) groups is 1. The first-order valence-corrected chi connectivity index (χ1v) is 11.9. The molecule has 0 radical (unpaired) electrons. The molecule has 2 saturated carbocycles. The molecule has 1 amide bonds. The number of nitrogens with one attached hydrogen (secondary N) is 1. The van der Waals surface area contributed by atoms with Crippen LogP contribution in [0, 0.1) is 5.41 Å². The van der Waals surface area contributed by atoms with Gasteiger partial charge < -0.3 is 0 Å². The summed E-state index contributed by atoms with van der Waals surface area (Å²) in [5, 5.41) is 2.45. The maximum atomic E-state index is 12.8. The minimum absolute atomic E-state index is 0.109. The van der Waals surface area contributed by atoms with Gasteiger partial charge in [0.15, 0.2) is 0 Å². The molecule has 0 aromatic heterocycles. The fourth-order valence-corrected chi connectivity index (χ4v) is 9.09. The number of benzene rings is 1. The van der Waals surface area contributed by atoms with E-state index >= 15 is 0 Å². The zero-order valence-electron chi connectivity index (χ0n) is 14.1. The number of amides is 1. The Balaban J connectivity index is 1.64. The Morgan fingerprint density at radius 3 is 2.45 bits per heavy atom. The molecule has 1 aromatic carbocycles. The van der Waals surface area contributed by atoms with Crippen molar-refractivity contribution >= 4 is 14.0 Å². The summed E-state index contributed by atoms with van der Waals surface area (Å²) in [6.07, 6.45) is 3.87. The van der Waals surface area contributed by atoms with Crippen molar-refractivity contribution in [2.45, 2.75) is 56.4 Å². The highest BCUT2D eigenvalue weighted by Gasteiger charge is 2.84. The molecule has 1 aliphatic heterocycles. The lowest BCUT2D eigenvalue weighted by molar-refractivity contribution is 0.0684. The largest absolute Gasteiger partial charge is 0.273 e. The zero-order valence-corrected chi connectivity index (χ0v) is 15.1. The Hall–Kier alpha value is -1.13. The first-order chi connectivity index (χ1) is 10.2. The van der Waals surface area contributed by atoms with Crippen LogP contribution >= 0.6 is 0 Å². The Bertz CT molecular complexity index is 640. The third kappa shape index (κ3) is 1.52. The van der Waals surface area contributed by atoms with E-state index < -0.39 is 8.07 Å². The first-order valence-electron chi connectivity index (χ1n) is 8.40. The molecular formula is C18H26N2OSi. The van der Waals surface area contributed by atoms with Gasteiger partial charge in [-0.05, 0) is 43.4 Å². The van der Waals surface area contributed by atoms with Gasteiger partial charge in [-0.1, -0.05) is 37.8 Å². The summed E-state index contributed by atoms with van der Waals surface area (Å²) >= 11 is 0. The lowest BCUT2D eigenvalue weighted by Crippen LogP contribution is -2.47. The van der Waals surface area contributed by atoms with E-state index in [9.17, 15) is 4.79 Å². The molecule has 4 heteroatoms. The highest BCUT2D eigenvalue weighted by atomic mass is 28.3. The SMILES string of the molecule is CC12CC[C@@]3([Si](C)(C)C)C[C@@]13CN(C(=O)c1ccccc1)N2. The molecule has 1 saturated heterocycles. The van der Waals surface area contributed by atoms with E-state index in [2.05, 4.69) is 32.0 Å². The normalized spacial score (nSPS) is 39.5. The molecule has 3 aliphatic rings. The van der Waals surface area contributed by atoms with Gasteiger partial charge in [0.25, 0.3) is 5.91 Å². The summed E-state index contributed by atoms with van der Waals surface area (Å²) < 4.78 is 0. The summed E-state index contributed by atoms with van der Waals surface area (Å²) in [6.45, 7) is 10.8. The van der Waals surface area contributed by atoms with Crippen molar-refractivity contribution in [2.75, 3.05) is 6.54 Å². The summed E-state index contributed by atoms with van der Waals surface area (Å²) in [6, 6.07) is 9.66. The van der Waals surface area contributed by atoms with Crippen LogP contribution in [0.3, 0.4) is 0 Å². The maximum Gasteiger partial charge on any atom is 0.267 e. The molecule has 1 N–H and O–H groups in total. The third-order valence-electron chi connectivity index (χ3n) is 7.01. The molecule has 1 aromatic rings. The summed E-state index contributed by atoms with van der Waals surface area (Å²) in [4.78, 5) is 12.8. The predicted octanol–water partition coefficient (Wildman–Crippen LogP) is 3.67. The van der Waals surface area contributed by atoms with E-state index in [1.165, 1.54) is 19.3 Å². The number of carbonyl (C=O) groups excluding carboxylic acids is 1. The standard InChI is InChI=1S/C18H26N2OSi/c1-16-10-11-18(22(2,3)4)12-17(16,18)13-20(19-16)15(21)14-8-6-5-7-9-14/h5-9,19H,10-13H2,1-4H3/t16?,17-,18-/m1/s1. The topological polar surface area (TPSA) is 32.3 Å². The minimum Gasteiger partial charge on any atom is -0.273 e. The van der Waals surface area contributed by atoms with Crippen molar-refractivity contribution in [3.63, 3.8) is 0 Å². The Morgan fingerprint density at radius 1 is 1.18 bits per heavy atom. The molecule has 118 valence electrons. The number of rotatable bonds is 2. The molecule has 3 atom stereocenters. The van der Waals surface area contributed by atoms with Crippen LogP contribution in [0.5, 0.6) is 0 Å². The van der Waals surface area contributed by atoms with Gasteiger partial charge in [0.1, 0.15) is 0 Å². The highest BCUT2D eigenvalue weighted by molar-refractivity contribution is 6.80. The number of hydrogen-bond acceptors (Lipinski definition) is 2. The third-order valence-corrected chi connectivity index (χ3v) is 10.8. The Kier molecular flexibility index (Phi) is 2.65. The van der Waals surface area contributed by atoms with E-state index in [0.29, 0.717) is 10.5 Å². The number of nitrogens with zero attached hydrogens (tertiary/aromatic N) is 1. The fraction of sp³-hybridized carbons (Fsp3) is 0.611. The molecule has 3 fully saturated rings. The van der Waals surface area contributed by atoms with Gasteiger partial charge in [0.05, 0.1) is 8.07 Å². The highest BCUT2D eigenvalue weighted by Crippen LogP contribution is 2.86. The summed E-state index contributed by atoms with van der Waals surface area (Å²) in [5.41, 5.74) is 4.84. The lowest BCUT2D eigenvalue weighted by Gasteiger charge is -2.31. The van der Waals surface area contributed by atoms with Crippen LogP contribution < -0.4 is 5.43 Å². The molecular weight excluding hydrogens is 288 g/mol. The van der Waals surface area contributed by atoms with E-state index in [-0.39, 0.29) is 11.4 Å². The average molecular weight is 315 g/mol. The molecule has 22 heavy (non-hydrogen) atoms. The Morgan fingerprint density at radius 2 is 1.86 bits per heavy atom. The molecule has 0 bridgehead atoms. The molecule has 4 rings (SSSR count). The zero-order chi connectivity index (χ0) is 15.8. The second kappa shape index (κ2) is 4.03. The van der Waals surface area contributed by atoms with Crippen molar-refractivity contribution in [3.05, 3.63) is 35.9 Å². The lowest BCUT2D eigenvalue weighted by atomic mass is 9.86. The van der Waals surface area contributed by atoms with Crippen LogP contribution in [0.4, 0.5) is 0 Å². The van der Waals surface area contributed by atoms with Crippen molar-refractivity contribution in [1.29, 1.82) is 0 Å². The average Bonchev–Trinajstić information content (AvgIpc) is 2.95. The van der Waals surface area contributed by atoms with Gasteiger partial charge in [-0.15, -0.1) is 0 Å². The van der Waals surface area contributed by atoms with Crippen molar-refractivity contribution in [1.82, 2.24) is 10.4 Å². The molecule has 1 spiro atoms. The fourth-order valence-electron chi connectivity index (χ4n) is 5.59. The van der Waals surface area contributed by atoms with Gasteiger partial charge >= 0.3 is 0 Å². The van der Waals surface area contributed by atoms with Crippen LogP contribution in [0.25, 0.3) is 0 Å². The summed E-state index contributed by atoms with van der Waals surface area (Å²) in [7, 11) is -1.24. The quantitative estimate of drug-likeness (QED) is 0.845. The van der Waals surface area contributed by atoms with E-state index in [4.69, 9.17) is 0 Å². The molecule has 1 heterocycles. The van der Waals surface area contributed by atoms with Crippen molar-refractivity contribution < 1.29 is 4.79 Å². The maximum absolute atomic E-state index is 12.8. The number of hydrogen-bond donors (Lipinski definition) is 1. The monoisotopic (exact) mass is 314 g/mol.